The van der Waals surface area contributed by atoms with Crippen LogP contribution in [0.5, 0.6) is 23.0 Å². The lowest BCUT2D eigenvalue weighted by atomic mass is 9.77. The van der Waals surface area contributed by atoms with Crippen molar-refractivity contribution < 1.29 is 57.4 Å². The number of hydrogen-bond donors (Lipinski definition) is 4. The van der Waals surface area contributed by atoms with Crippen molar-refractivity contribution in [3.05, 3.63) is 416 Å². The predicted molar refractivity (Wildman–Crippen MR) is 536 cm³/mol. The molecule has 2 fully saturated rings. The van der Waals surface area contributed by atoms with Crippen LogP contribution in [0.25, 0.3) is 65.3 Å². The number of nitrogens with zero attached hydrogens (tertiary/aromatic N) is 7. The first-order valence-electron chi connectivity index (χ1n) is 44.6. The number of carboxylic acid groups (broad SMARTS) is 1. The second kappa shape index (κ2) is 43.8. The number of carboxylic acids is 1. The molecule has 136 heavy (non-hydrogen) atoms. The number of imidazole rings is 1. The number of aryl methyl sites for hydroxylation is 1. The van der Waals surface area contributed by atoms with Gasteiger partial charge in [-0.25, -0.2) is 13.8 Å². The number of halogens is 3. The van der Waals surface area contributed by atoms with Crippen LogP contribution in [0.1, 0.15) is 63.5 Å². The van der Waals surface area contributed by atoms with Gasteiger partial charge in [0, 0.05) is 92.0 Å². The zero-order valence-corrected chi connectivity index (χ0v) is 78.0. The summed E-state index contributed by atoms with van der Waals surface area (Å²) in [6, 6.07) is 95.8. The van der Waals surface area contributed by atoms with E-state index in [2.05, 4.69) is 190 Å². The molecule has 1 amide bonds. The fraction of sp³-hybridized carbons (Fsp3) is 0.194. The number of para-hydroxylation sites is 4. The number of aromatic nitrogens is 4. The number of nitro benzene ring substituents is 2. The van der Waals surface area contributed by atoms with Gasteiger partial charge in [0.25, 0.3) is 16.9 Å². The Kier molecular flexibility index (Phi) is 30.1. The van der Waals surface area contributed by atoms with E-state index in [1.54, 1.807) is 71.2 Å². The third-order valence-electron chi connectivity index (χ3n) is 24.4. The number of benzene rings is 13. The number of likely N-dealkylation sites (tertiary alicyclic amines) is 1. The van der Waals surface area contributed by atoms with E-state index in [1.807, 2.05) is 128 Å². The molecule has 5 unspecified atom stereocenters. The van der Waals surface area contributed by atoms with Gasteiger partial charge in [-0.15, -0.1) is 0 Å². The van der Waals surface area contributed by atoms with E-state index in [9.17, 15) is 44.1 Å². The standard InChI is InChI=1S/C24H22O3.C19H16BrNO2.C17H17N3O2.C17H18N2O2.C16H8BrFN2OS.C15H14N2O4/c1-3-7-21-17-23(11-9-19(21)5-1)26-15-13-25-14-16-27-24-12-10-20-6-2-4-8-22(20)18-24;1-22-16-6-4-15(5-7-16)21-11-18-17-8-3-14(20)10-13(17)2-9-19(18)23-12-21;21-20(22)17-8-4-1-5-14(17)11-18-10-9-13-12-19-16-7-3-2-6-15(13)16;20-19(21)15-8-3-5-13(11-15)12-18-17-10-4-7-14-6-1-2-9-16(14)17;17-10-5-6-11(18)9(7-10)8-14-15(21)20-13-4-2-1-3-12(13)19-16(20)22-14;18-13-12-11(14(19)20)10-4-5-15(12,21-10)8-17(13)7-9-3-1-2-6-16-9/h1-12,17-18H,13-16H2;2-10H,11-12H2,1H3;1-8,12,18-19H,9-11H2;1-3,5-6,8-9,11,17-18H,4,7,10,12H2;1-8H;1-6,10-12H,7-8H2,(H,19,20)/b;;;;14-8-;. The lowest BCUT2D eigenvalue weighted by Crippen LogP contribution is -2.39. The Bertz CT molecular complexity index is 7250. The van der Waals surface area contributed by atoms with Crippen LogP contribution >= 0.6 is 43.2 Å². The van der Waals surface area contributed by atoms with Gasteiger partial charge in [0.05, 0.1) is 83.1 Å². The molecule has 5 atom stereocenters. The number of thiazole rings is 1. The predicted octanol–water partition coefficient (Wildman–Crippen LogP) is 21.4. The summed E-state index contributed by atoms with van der Waals surface area (Å²) in [5.74, 6) is 0.689. The van der Waals surface area contributed by atoms with Crippen molar-refractivity contribution in [3.8, 4) is 23.0 Å². The molecule has 22 rings (SSSR count). The number of amides is 1. The van der Waals surface area contributed by atoms with Crippen molar-refractivity contribution in [1.82, 2.24) is 34.9 Å². The van der Waals surface area contributed by atoms with Crippen molar-refractivity contribution in [2.75, 3.05) is 58.3 Å². The van der Waals surface area contributed by atoms with E-state index in [-0.39, 0.29) is 38.5 Å². The number of hydrogen-bond acceptors (Lipinski definition) is 19. The molecular weight excluding hydrogens is 1870 g/mol. The summed E-state index contributed by atoms with van der Waals surface area (Å²) in [4.78, 5) is 74.1. The molecule has 5 aliphatic rings. The molecule has 1 aliphatic carbocycles. The molecule has 1 spiro atoms. The molecule has 8 heterocycles. The van der Waals surface area contributed by atoms with Crippen molar-refractivity contribution in [2.45, 2.75) is 69.6 Å². The van der Waals surface area contributed by atoms with E-state index in [0.29, 0.717) is 86.0 Å². The Labute approximate surface area is 803 Å². The summed E-state index contributed by atoms with van der Waals surface area (Å²) >= 11 is 8.11. The molecular formula is C108H95Br2FN10O14S. The summed E-state index contributed by atoms with van der Waals surface area (Å²) in [7, 11) is 1.68. The number of ether oxygens (including phenoxy) is 6. The van der Waals surface area contributed by atoms with E-state index >= 15 is 0 Å². The van der Waals surface area contributed by atoms with E-state index < -0.39 is 29.5 Å². The minimum absolute atomic E-state index is 0.151. The Morgan fingerprint density at radius 1 is 0.684 bits per heavy atom. The third kappa shape index (κ3) is 22.3. The maximum atomic E-state index is 13.8. The Morgan fingerprint density at radius 3 is 2.12 bits per heavy atom. The smallest absolute Gasteiger partial charge is 0.310 e. The number of aliphatic carboxylic acids is 1. The summed E-state index contributed by atoms with van der Waals surface area (Å²) in [6.07, 6.45) is 12.7. The molecule has 4 aliphatic heterocycles. The number of carbonyl (C=O) groups is 2. The second-order valence-corrected chi connectivity index (χ2v) is 35.9. The van der Waals surface area contributed by atoms with Crippen molar-refractivity contribution >= 4 is 137 Å². The highest BCUT2D eigenvalue weighted by Crippen LogP contribution is 2.52. The van der Waals surface area contributed by atoms with Gasteiger partial charge in [-0.3, -0.25) is 39.6 Å². The van der Waals surface area contributed by atoms with E-state index in [1.165, 1.54) is 95.9 Å². The summed E-state index contributed by atoms with van der Waals surface area (Å²) in [6.45, 7) is 6.20. The number of rotatable bonds is 24. The van der Waals surface area contributed by atoms with Crippen LogP contribution in [0, 0.1) is 37.9 Å². The molecule has 17 aromatic rings. The van der Waals surface area contributed by atoms with Crippen molar-refractivity contribution in [2.24, 2.45) is 11.8 Å². The number of carbonyl (C=O) groups excluding carboxylic acids is 1. The van der Waals surface area contributed by atoms with E-state index in [0.717, 1.165) is 97.8 Å². The fourth-order valence-electron chi connectivity index (χ4n) is 17.7. The maximum Gasteiger partial charge on any atom is 0.310 e. The highest BCUT2D eigenvalue weighted by molar-refractivity contribution is 9.10. The quantitative estimate of drug-likeness (QED) is 0.0189. The molecule has 28 heteroatoms. The van der Waals surface area contributed by atoms with Gasteiger partial charge in [-0.1, -0.05) is 219 Å². The first-order chi connectivity index (χ1) is 66.4. The molecule has 688 valence electrons. The molecule has 13 aromatic carbocycles. The van der Waals surface area contributed by atoms with Gasteiger partial charge in [-0.05, 0) is 208 Å². The number of nitrogens with one attached hydrogen (secondary N) is 3. The number of pyridine rings is 1. The maximum absolute atomic E-state index is 13.8. The number of aromatic amines is 1. The van der Waals surface area contributed by atoms with E-state index in [4.69, 9.17) is 28.4 Å². The average molecular weight is 1970 g/mol. The minimum atomic E-state index is -0.968. The first kappa shape index (κ1) is 93.4. The van der Waals surface area contributed by atoms with Gasteiger partial charge < -0.3 is 58.9 Å². The largest absolute Gasteiger partial charge is 0.497 e. The van der Waals surface area contributed by atoms with Crippen LogP contribution in [-0.2, 0) is 58.1 Å². The topological polar surface area (TPSA) is 290 Å². The molecule has 4 aromatic heterocycles. The minimum Gasteiger partial charge on any atom is -0.497 e. The van der Waals surface area contributed by atoms with Gasteiger partial charge in [-0.2, -0.15) is 0 Å². The zero-order valence-electron chi connectivity index (χ0n) is 74.0. The molecule has 2 saturated heterocycles. The summed E-state index contributed by atoms with van der Waals surface area (Å²) in [5, 5.41) is 46.4. The monoisotopic (exact) mass is 1960 g/mol. The number of methoxy groups -OCH3 is 1. The number of non-ortho nitro benzene ring substituents is 1. The zero-order chi connectivity index (χ0) is 94.0. The summed E-state index contributed by atoms with van der Waals surface area (Å²) < 4.78 is 51.9. The highest BCUT2D eigenvalue weighted by atomic mass is 79.9. The van der Waals surface area contributed by atoms with Gasteiger partial charge >= 0.3 is 5.97 Å². The molecule has 0 radical (unpaired) electrons. The van der Waals surface area contributed by atoms with Crippen LogP contribution in [0.2, 0.25) is 0 Å². The molecule has 24 nitrogen and oxygen atoms in total. The Balaban J connectivity index is 0.000000113. The van der Waals surface area contributed by atoms with Crippen LogP contribution in [0.3, 0.4) is 0 Å². The van der Waals surface area contributed by atoms with Gasteiger partial charge in [0.15, 0.2) is 11.7 Å². The van der Waals surface area contributed by atoms with Crippen LogP contribution in [0.15, 0.2) is 336 Å². The van der Waals surface area contributed by atoms with Gasteiger partial charge in [0.1, 0.15) is 53.5 Å². The second-order valence-electron chi connectivity index (χ2n) is 33.1. The molecule has 0 saturated carbocycles. The van der Waals surface area contributed by atoms with Crippen LogP contribution in [-0.4, -0.2) is 116 Å². The molecule has 2 bridgehead atoms. The lowest BCUT2D eigenvalue weighted by molar-refractivity contribution is -0.385. The van der Waals surface area contributed by atoms with Crippen molar-refractivity contribution in [3.63, 3.8) is 0 Å². The average Bonchev–Trinajstić information content (AvgIpc) is 1.54. The summed E-state index contributed by atoms with van der Waals surface area (Å²) in [5.41, 5.74) is 11.3. The Hall–Kier alpha value is -14.4. The number of fused-ring (bicyclic) bond motifs is 11. The number of nitro groups is 2. The SMILES string of the molecule is COc1ccc(N2COc3ccc4cc(Br)ccc4c3C2)cc1.O=C(O)C1C2C=CC3(CN(Cc4ccccn4)C(=O)C13)O2.O=[N+]([O-])c1cccc(CNC2CCCc3ccccc32)c1.O=[N+]([O-])c1ccccc1CNCCc1c[nH]c2ccccc12.O=c1/c(=C/c2cc(Br)ccc2F)sc2nc3ccccc3n12.c1ccc2cc(OCCOCCOc3ccc4ccccc4c3)ccc2c1. The lowest BCUT2D eigenvalue weighted by Gasteiger charge is -2.31. The molecule has 4 N–H and O–H groups in total. The first-order valence-corrected chi connectivity index (χ1v) is 47.0. The highest BCUT2D eigenvalue weighted by Gasteiger charge is 2.67. The normalized spacial score (nSPS) is 16.5. The number of H-pyrrole nitrogens is 1. The van der Waals surface area contributed by atoms with Gasteiger partial charge in [0.2, 0.25) is 5.91 Å². The Morgan fingerprint density at radius 2 is 1.38 bits per heavy atom. The third-order valence-corrected chi connectivity index (χ3v) is 26.3. The van der Waals surface area contributed by atoms with Crippen LogP contribution < -0.4 is 44.6 Å². The van der Waals surface area contributed by atoms with Crippen molar-refractivity contribution in [1.29, 1.82) is 0 Å². The fourth-order valence-corrected chi connectivity index (χ4v) is 19.4. The van der Waals surface area contributed by atoms with Crippen LogP contribution in [0.4, 0.5) is 21.5 Å². The number of anilines is 1.